The van der Waals surface area contributed by atoms with Gasteiger partial charge in [0.05, 0.1) is 11.2 Å². The van der Waals surface area contributed by atoms with Crippen LogP contribution in [0, 0.1) is 41.4 Å². The number of fused-ring (bicyclic) bond motifs is 9. The Morgan fingerprint density at radius 3 is 2.28 bits per heavy atom. The summed E-state index contributed by atoms with van der Waals surface area (Å²) in [7, 11) is -4.23. The molecule has 0 aromatic heterocycles. The lowest BCUT2D eigenvalue weighted by atomic mass is 9.65. The number of likely N-dealkylation sites (tertiary alicyclic amines) is 1. The maximum Gasteiger partial charge on any atom is 0.410 e. The molecule has 4 bridgehead atoms. The van der Waals surface area contributed by atoms with Gasteiger partial charge in [-0.2, -0.15) is 8.42 Å². The number of amides is 1. The first-order valence-corrected chi connectivity index (χ1v) is 15.2. The van der Waals surface area contributed by atoms with E-state index >= 15 is 0 Å². The highest BCUT2D eigenvalue weighted by Gasteiger charge is 2.67. The third kappa shape index (κ3) is 4.24. The molecule has 0 aromatic carbocycles. The van der Waals surface area contributed by atoms with Gasteiger partial charge in [0.2, 0.25) is 0 Å². The first kappa shape index (κ1) is 26.2. The first-order chi connectivity index (χ1) is 17.0. The summed E-state index contributed by atoms with van der Waals surface area (Å²) in [4.78, 5) is 25.8. The second kappa shape index (κ2) is 9.40. The van der Waals surface area contributed by atoms with Crippen LogP contribution in [0.4, 0.5) is 9.18 Å². The molecule has 5 rings (SSSR count). The zero-order valence-corrected chi connectivity index (χ0v) is 22.3. The molecular weight excluding hydrogens is 489 g/mol. The van der Waals surface area contributed by atoms with Crippen LogP contribution in [-0.2, 0) is 23.8 Å². The van der Waals surface area contributed by atoms with Gasteiger partial charge in [0.15, 0.2) is 6.17 Å². The standard InChI is InChI=1S/C26H40FNO7S/c1-4-26(13-17-12-19(26)21-16-6-5-15(11-16)20(17)21)34-25(31)28-9-7-18(8-10-28)36(32,33)35-23(14(2)3)22(27)24(29)30/h14-23H,4-13H2,1-3H3,(H,29,30)/p-1. The van der Waals surface area contributed by atoms with Crippen molar-refractivity contribution in [3.8, 4) is 0 Å². The minimum absolute atomic E-state index is 0.129. The second-order valence-corrected chi connectivity index (χ2v) is 14.1. The highest BCUT2D eigenvalue weighted by atomic mass is 32.2. The summed E-state index contributed by atoms with van der Waals surface area (Å²) in [6, 6.07) is 0. The van der Waals surface area contributed by atoms with Crippen LogP contribution in [0.2, 0.25) is 0 Å². The highest BCUT2D eigenvalue weighted by molar-refractivity contribution is 7.87. The molecule has 4 aliphatic carbocycles. The minimum atomic E-state index is -4.23. The molecule has 204 valence electrons. The van der Waals surface area contributed by atoms with Gasteiger partial charge in [0.1, 0.15) is 11.7 Å². The van der Waals surface area contributed by atoms with Gasteiger partial charge in [-0.1, -0.05) is 20.8 Å². The van der Waals surface area contributed by atoms with Gasteiger partial charge in [0.25, 0.3) is 10.1 Å². The fourth-order valence-electron chi connectivity index (χ4n) is 8.72. The van der Waals surface area contributed by atoms with Gasteiger partial charge in [-0.05, 0) is 86.9 Å². The molecular formula is C26H39FNO7S-. The van der Waals surface area contributed by atoms with E-state index in [1.807, 2.05) is 0 Å². The maximum absolute atomic E-state index is 14.0. The van der Waals surface area contributed by atoms with E-state index < -0.39 is 45.1 Å². The fraction of sp³-hybridized carbons (Fsp3) is 0.923. The molecule has 8 nitrogen and oxygen atoms in total. The molecule has 0 radical (unpaired) electrons. The largest absolute Gasteiger partial charge is 0.547 e. The second-order valence-electron chi connectivity index (χ2n) is 12.3. The average molecular weight is 529 g/mol. The number of rotatable bonds is 8. The summed E-state index contributed by atoms with van der Waals surface area (Å²) >= 11 is 0. The van der Waals surface area contributed by atoms with E-state index in [1.54, 1.807) is 4.90 Å². The molecule has 9 unspecified atom stereocenters. The van der Waals surface area contributed by atoms with Crippen LogP contribution in [0.15, 0.2) is 0 Å². The summed E-state index contributed by atoms with van der Waals surface area (Å²) in [6.45, 7) is 5.49. The van der Waals surface area contributed by atoms with Crippen LogP contribution in [0.3, 0.4) is 0 Å². The molecule has 1 aliphatic heterocycles. The smallest absolute Gasteiger partial charge is 0.410 e. The number of nitrogens with zero attached hydrogens (tertiary/aromatic N) is 1. The zero-order valence-electron chi connectivity index (χ0n) is 21.4. The van der Waals surface area contributed by atoms with Gasteiger partial charge >= 0.3 is 6.09 Å². The Morgan fingerprint density at radius 1 is 1.06 bits per heavy atom. The summed E-state index contributed by atoms with van der Waals surface area (Å²) < 4.78 is 51.0. The number of carboxylic acids is 1. The van der Waals surface area contributed by atoms with E-state index in [-0.39, 0.29) is 32.0 Å². The summed E-state index contributed by atoms with van der Waals surface area (Å²) in [5.41, 5.74) is -0.412. The van der Waals surface area contributed by atoms with Crippen LogP contribution in [0.5, 0.6) is 0 Å². The average Bonchev–Trinajstić information content (AvgIpc) is 3.61. The molecule has 0 N–H and O–H groups in total. The van der Waals surface area contributed by atoms with E-state index in [2.05, 4.69) is 6.92 Å². The zero-order chi connectivity index (χ0) is 26.0. The molecule has 0 spiro atoms. The monoisotopic (exact) mass is 528 g/mol. The summed E-state index contributed by atoms with van der Waals surface area (Å²) in [5, 5.41) is 10.0. The number of alkyl halides is 1. The Bertz CT molecular complexity index is 981. The molecule has 9 atom stereocenters. The topological polar surface area (TPSA) is 113 Å². The summed E-state index contributed by atoms with van der Waals surface area (Å²) in [6.07, 6.45) is 2.64. The van der Waals surface area contributed by atoms with Crippen molar-refractivity contribution in [2.45, 2.75) is 95.3 Å². The van der Waals surface area contributed by atoms with Crippen molar-refractivity contribution < 1.29 is 36.4 Å². The number of piperidine rings is 1. The van der Waals surface area contributed by atoms with E-state index in [0.717, 1.165) is 30.6 Å². The Morgan fingerprint density at radius 2 is 1.69 bits per heavy atom. The van der Waals surface area contributed by atoms with E-state index in [0.29, 0.717) is 17.8 Å². The van der Waals surface area contributed by atoms with Crippen LogP contribution in [-0.4, -0.2) is 61.6 Å². The van der Waals surface area contributed by atoms with E-state index in [4.69, 9.17) is 8.92 Å². The molecule has 0 aromatic rings. The molecule has 1 heterocycles. The maximum atomic E-state index is 14.0. The number of carbonyl (C=O) groups excluding carboxylic acids is 2. The molecule has 5 fully saturated rings. The fourth-order valence-corrected chi connectivity index (χ4v) is 10.3. The van der Waals surface area contributed by atoms with Crippen LogP contribution in [0.1, 0.15) is 72.1 Å². The van der Waals surface area contributed by atoms with Crippen molar-refractivity contribution >= 4 is 22.2 Å². The molecule has 10 heteroatoms. The Labute approximate surface area is 213 Å². The lowest BCUT2D eigenvalue weighted by molar-refractivity contribution is -0.314. The first-order valence-electron chi connectivity index (χ1n) is 13.7. The van der Waals surface area contributed by atoms with Crippen LogP contribution in [0.25, 0.3) is 0 Å². The molecule has 5 aliphatic rings. The molecule has 36 heavy (non-hydrogen) atoms. The van der Waals surface area contributed by atoms with Crippen molar-refractivity contribution in [2.24, 2.45) is 41.4 Å². The van der Waals surface area contributed by atoms with Crippen LogP contribution >= 0.6 is 0 Å². The number of carbonyl (C=O) groups is 2. The Balaban J connectivity index is 1.19. The lowest BCUT2D eigenvalue weighted by Crippen LogP contribution is -2.51. The number of carboxylic acid groups (broad SMARTS) is 1. The number of hydrogen-bond acceptors (Lipinski definition) is 7. The van der Waals surface area contributed by atoms with Crippen molar-refractivity contribution in [2.75, 3.05) is 13.1 Å². The molecule has 1 saturated heterocycles. The normalized spacial score (nSPS) is 39.4. The van der Waals surface area contributed by atoms with Gasteiger partial charge in [0, 0.05) is 19.0 Å². The van der Waals surface area contributed by atoms with Gasteiger partial charge in [-0.15, -0.1) is 0 Å². The van der Waals surface area contributed by atoms with Crippen molar-refractivity contribution in [1.29, 1.82) is 0 Å². The third-order valence-electron chi connectivity index (χ3n) is 10.3. The van der Waals surface area contributed by atoms with Crippen molar-refractivity contribution in [1.82, 2.24) is 4.90 Å². The van der Waals surface area contributed by atoms with Crippen molar-refractivity contribution in [3.05, 3.63) is 0 Å². The summed E-state index contributed by atoms with van der Waals surface area (Å²) in [5.74, 6) is 1.60. The number of ether oxygens (including phenoxy) is 1. The Kier molecular flexibility index (Phi) is 6.84. The molecule has 4 saturated carbocycles. The number of hydrogen-bond donors (Lipinski definition) is 0. The van der Waals surface area contributed by atoms with E-state index in [9.17, 15) is 27.5 Å². The molecule has 1 amide bonds. The lowest BCUT2D eigenvalue weighted by Gasteiger charge is -2.46. The Hall–Kier alpha value is -1.42. The number of halogens is 1. The van der Waals surface area contributed by atoms with Gasteiger partial charge < -0.3 is 19.5 Å². The predicted octanol–water partition coefficient (Wildman–Crippen LogP) is 2.90. The van der Waals surface area contributed by atoms with Crippen molar-refractivity contribution in [3.63, 3.8) is 0 Å². The SMILES string of the molecule is CCC1(OC(=O)N2CCC(S(=O)(=O)OC(C(C)C)C(F)C(=O)[O-])CC2)CC2CC1C1C3CCC(C3)C21. The van der Waals surface area contributed by atoms with Crippen LogP contribution < -0.4 is 5.11 Å². The number of aliphatic carboxylic acids is 1. The third-order valence-corrected chi connectivity index (χ3v) is 12.1. The van der Waals surface area contributed by atoms with Gasteiger partial charge in [-0.25, -0.2) is 9.18 Å². The minimum Gasteiger partial charge on any atom is -0.547 e. The predicted molar refractivity (Wildman–Crippen MR) is 127 cm³/mol. The van der Waals surface area contributed by atoms with Gasteiger partial charge in [-0.3, -0.25) is 4.18 Å². The highest BCUT2D eigenvalue weighted by Crippen LogP contribution is 2.70. The quantitative estimate of drug-likeness (QED) is 0.352. The van der Waals surface area contributed by atoms with E-state index in [1.165, 1.54) is 39.5 Å².